The molecule has 0 radical (unpaired) electrons. The molecule has 4 heteroatoms. The van der Waals surface area contributed by atoms with E-state index in [2.05, 4.69) is 13.8 Å². The maximum atomic E-state index is 9.25. The van der Waals surface area contributed by atoms with Crippen LogP contribution in [0.25, 0.3) is 0 Å². The molecule has 0 aliphatic rings. The Labute approximate surface area is 102 Å². The molecule has 0 saturated heterocycles. The minimum absolute atomic E-state index is 0. The van der Waals surface area contributed by atoms with E-state index in [1.54, 1.807) is 12.1 Å². The molecule has 0 aliphatic heterocycles. The van der Waals surface area contributed by atoms with Crippen molar-refractivity contribution in [2.75, 3.05) is 0 Å². The number of hydrogen-bond donors (Lipinski definition) is 2. The van der Waals surface area contributed by atoms with Crippen molar-refractivity contribution in [3.05, 3.63) is 28.8 Å². The summed E-state index contributed by atoms with van der Waals surface area (Å²) in [6, 6.07) is 5.11. The van der Waals surface area contributed by atoms with E-state index in [1.807, 2.05) is 6.07 Å². The highest BCUT2D eigenvalue weighted by Crippen LogP contribution is 2.29. The third kappa shape index (κ3) is 3.56. The maximum absolute atomic E-state index is 9.25. The van der Waals surface area contributed by atoms with Crippen molar-refractivity contribution >= 4 is 24.0 Å². The van der Waals surface area contributed by atoms with Crippen LogP contribution >= 0.6 is 24.0 Å². The largest absolute Gasteiger partial charge is 0.506 e. The topological polar surface area (TPSA) is 46.2 Å². The SMILES string of the molecule is CCC(C)[C@H](N)c1ccc(O)c(Cl)c1.Cl. The molecule has 1 unspecified atom stereocenters. The van der Waals surface area contributed by atoms with Gasteiger partial charge in [0.15, 0.2) is 0 Å². The minimum Gasteiger partial charge on any atom is -0.506 e. The van der Waals surface area contributed by atoms with Crippen molar-refractivity contribution in [2.24, 2.45) is 11.7 Å². The zero-order chi connectivity index (χ0) is 10.7. The summed E-state index contributed by atoms with van der Waals surface area (Å²) in [5.74, 6) is 0.516. The van der Waals surface area contributed by atoms with Crippen LogP contribution in [0.4, 0.5) is 0 Å². The lowest BCUT2D eigenvalue weighted by Crippen LogP contribution is -2.18. The van der Waals surface area contributed by atoms with Gasteiger partial charge in [0.25, 0.3) is 0 Å². The predicted molar refractivity (Wildman–Crippen MR) is 66.7 cm³/mol. The summed E-state index contributed by atoms with van der Waals surface area (Å²) in [6.45, 7) is 4.21. The fourth-order valence-electron chi connectivity index (χ4n) is 1.31. The van der Waals surface area contributed by atoms with E-state index in [-0.39, 0.29) is 24.2 Å². The second kappa shape index (κ2) is 6.21. The average Bonchev–Trinajstić information content (AvgIpc) is 2.20. The monoisotopic (exact) mass is 249 g/mol. The Balaban J connectivity index is 0.00000196. The third-order valence-electron chi connectivity index (χ3n) is 2.61. The highest BCUT2D eigenvalue weighted by molar-refractivity contribution is 6.32. The quantitative estimate of drug-likeness (QED) is 0.862. The Morgan fingerprint density at radius 3 is 2.53 bits per heavy atom. The molecule has 0 heterocycles. The van der Waals surface area contributed by atoms with Crippen LogP contribution in [0, 0.1) is 5.92 Å². The van der Waals surface area contributed by atoms with E-state index in [1.165, 1.54) is 0 Å². The summed E-state index contributed by atoms with van der Waals surface area (Å²) in [6.07, 6.45) is 1.03. The van der Waals surface area contributed by atoms with Gasteiger partial charge in [0.1, 0.15) is 5.75 Å². The number of benzene rings is 1. The Morgan fingerprint density at radius 2 is 2.07 bits per heavy atom. The standard InChI is InChI=1S/C11H16ClNO.ClH/c1-3-7(2)11(13)8-4-5-10(14)9(12)6-8;/h4-7,11,14H,3,13H2,1-2H3;1H/t7?,11-;/m0./s1. The summed E-state index contributed by atoms with van der Waals surface area (Å²) in [4.78, 5) is 0. The van der Waals surface area contributed by atoms with Gasteiger partial charge < -0.3 is 10.8 Å². The first-order chi connectivity index (χ1) is 6.56. The van der Waals surface area contributed by atoms with Crippen LogP contribution in [0.1, 0.15) is 31.9 Å². The third-order valence-corrected chi connectivity index (χ3v) is 2.92. The normalized spacial score (nSPS) is 14.1. The second-order valence-corrected chi connectivity index (χ2v) is 4.03. The average molecular weight is 250 g/mol. The molecule has 2 atom stereocenters. The summed E-state index contributed by atoms with van der Waals surface area (Å²) in [7, 11) is 0. The molecule has 1 rings (SSSR count). The van der Waals surface area contributed by atoms with Crippen molar-refractivity contribution in [1.82, 2.24) is 0 Å². The molecule has 15 heavy (non-hydrogen) atoms. The van der Waals surface area contributed by atoms with Crippen LogP contribution in [0.5, 0.6) is 5.75 Å². The molecule has 2 nitrogen and oxygen atoms in total. The summed E-state index contributed by atoms with van der Waals surface area (Å²) in [5.41, 5.74) is 7.00. The maximum Gasteiger partial charge on any atom is 0.134 e. The zero-order valence-corrected chi connectivity index (χ0v) is 10.5. The summed E-state index contributed by atoms with van der Waals surface area (Å²) in [5, 5.41) is 9.61. The van der Waals surface area contributed by atoms with Gasteiger partial charge in [0.2, 0.25) is 0 Å². The van der Waals surface area contributed by atoms with Crippen molar-refractivity contribution in [3.8, 4) is 5.75 Å². The van der Waals surface area contributed by atoms with Gasteiger partial charge in [0.05, 0.1) is 5.02 Å². The van der Waals surface area contributed by atoms with E-state index >= 15 is 0 Å². The summed E-state index contributed by atoms with van der Waals surface area (Å²) >= 11 is 5.80. The van der Waals surface area contributed by atoms with Gasteiger partial charge in [-0.2, -0.15) is 0 Å². The van der Waals surface area contributed by atoms with E-state index in [0.717, 1.165) is 12.0 Å². The lowest BCUT2D eigenvalue weighted by atomic mass is 9.93. The van der Waals surface area contributed by atoms with E-state index in [9.17, 15) is 5.11 Å². The second-order valence-electron chi connectivity index (χ2n) is 3.62. The van der Waals surface area contributed by atoms with Gasteiger partial charge in [0, 0.05) is 6.04 Å². The Bertz CT molecular complexity index is 317. The molecule has 0 aliphatic carbocycles. The fraction of sp³-hybridized carbons (Fsp3) is 0.455. The van der Waals surface area contributed by atoms with E-state index in [0.29, 0.717) is 10.9 Å². The molecule has 1 aromatic rings. The van der Waals surface area contributed by atoms with Gasteiger partial charge in [-0.05, 0) is 23.6 Å². The molecular formula is C11H17Cl2NO. The van der Waals surface area contributed by atoms with Crippen molar-refractivity contribution in [2.45, 2.75) is 26.3 Å². The van der Waals surface area contributed by atoms with Crippen LogP contribution in [0.2, 0.25) is 5.02 Å². The molecule has 0 bridgehead atoms. The summed E-state index contributed by atoms with van der Waals surface area (Å²) < 4.78 is 0. The molecule has 0 amide bonds. The number of rotatable bonds is 3. The number of phenolic OH excluding ortho intramolecular Hbond substituents is 1. The van der Waals surface area contributed by atoms with E-state index < -0.39 is 0 Å². The van der Waals surface area contributed by atoms with Crippen molar-refractivity contribution < 1.29 is 5.11 Å². The molecule has 3 N–H and O–H groups in total. The lowest BCUT2D eigenvalue weighted by molar-refractivity contribution is 0.453. The molecule has 0 aromatic heterocycles. The minimum atomic E-state index is -0.0156. The van der Waals surface area contributed by atoms with Gasteiger partial charge >= 0.3 is 0 Å². The highest BCUT2D eigenvalue weighted by Gasteiger charge is 2.13. The Morgan fingerprint density at radius 1 is 1.47 bits per heavy atom. The first kappa shape index (κ1) is 14.6. The van der Waals surface area contributed by atoms with Crippen LogP contribution < -0.4 is 5.73 Å². The predicted octanol–water partition coefficient (Wildman–Crippen LogP) is 3.51. The molecule has 0 saturated carbocycles. The zero-order valence-electron chi connectivity index (χ0n) is 8.90. The molecule has 1 aromatic carbocycles. The first-order valence-corrected chi connectivity index (χ1v) is 5.18. The van der Waals surface area contributed by atoms with Gasteiger partial charge in [-0.15, -0.1) is 12.4 Å². The molecule has 0 fully saturated rings. The van der Waals surface area contributed by atoms with Crippen LogP contribution in [0.15, 0.2) is 18.2 Å². The smallest absolute Gasteiger partial charge is 0.134 e. The number of halogens is 2. The number of hydrogen-bond acceptors (Lipinski definition) is 2. The number of phenols is 1. The molecule has 86 valence electrons. The van der Waals surface area contributed by atoms with Crippen LogP contribution in [-0.4, -0.2) is 5.11 Å². The Hall–Kier alpha value is -0.440. The molecule has 0 spiro atoms. The lowest BCUT2D eigenvalue weighted by Gasteiger charge is -2.18. The van der Waals surface area contributed by atoms with Gasteiger partial charge in [-0.3, -0.25) is 0 Å². The van der Waals surface area contributed by atoms with Crippen molar-refractivity contribution in [1.29, 1.82) is 0 Å². The first-order valence-electron chi connectivity index (χ1n) is 4.80. The van der Waals surface area contributed by atoms with Crippen LogP contribution in [-0.2, 0) is 0 Å². The van der Waals surface area contributed by atoms with Crippen LogP contribution in [0.3, 0.4) is 0 Å². The van der Waals surface area contributed by atoms with Crippen molar-refractivity contribution in [3.63, 3.8) is 0 Å². The highest BCUT2D eigenvalue weighted by atomic mass is 35.5. The number of nitrogens with two attached hydrogens (primary N) is 1. The fourth-order valence-corrected chi connectivity index (χ4v) is 1.50. The van der Waals surface area contributed by atoms with Gasteiger partial charge in [-0.1, -0.05) is 37.9 Å². The van der Waals surface area contributed by atoms with E-state index in [4.69, 9.17) is 17.3 Å². The molecular weight excluding hydrogens is 233 g/mol. The number of aromatic hydroxyl groups is 1. The van der Waals surface area contributed by atoms with Gasteiger partial charge in [-0.25, -0.2) is 0 Å². The Kier molecular flexibility index (Phi) is 6.03.